The van der Waals surface area contributed by atoms with Gasteiger partial charge in [0.05, 0.1) is 5.92 Å². The van der Waals surface area contributed by atoms with Crippen LogP contribution in [0.1, 0.15) is 33.6 Å². The molecule has 5 heteroatoms. The van der Waals surface area contributed by atoms with Gasteiger partial charge in [0, 0.05) is 19.6 Å². The Bertz CT molecular complexity index is 299. The molecule has 1 aliphatic rings. The van der Waals surface area contributed by atoms with Gasteiger partial charge in [-0.25, -0.2) is 0 Å². The molecule has 0 aromatic heterocycles. The van der Waals surface area contributed by atoms with E-state index in [1.54, 1.807) is 6.92 Å². The average molecular weight is 255 g/mol. The van der Waals surface area contributed by atoms with Gasteiger partial charge in [-0.3, -0.25) is 9.59 Å². The fourth-order valence-corrected chi connectivity index (χ4v) is 2.28. The summed E-state index contributed by atoms with van der Waals surface area (Å²) in [5.74, 6) is -0.143. The van der Waals surface area contributed by atoms with Crippen LogP contribution in [0.2, 0.25) is 0 Å². The minimum absolute atomic E-state index is 0.0142. The molecule has 1 fully saturated rings. The molecule has 0 radical (unpaired) electrons. The van der Waals surface area contributed by atoms with E-state index in [9.17, 15) is 9.59 Å². The van der Waals surface area contributed by atoms with Crippen molar-refractivity contribution in [3.63, 3.8) is 0 Å². The number of carbonyl (C=O) groups is 2. The Hall–Kier alpha value is -1.10. The molecule has 0 bridgehead atoms. The zero-order chi connectivity index (χ0) is 13.7. The second-order valence-corrected chi connectivity index (χ2v) is 5.35. The van der Waals surface area contributed by atoms with E-state index in [0.29, 0.717) is 6.54 Å². The minimum atomic E-state index is -0.455. The van der Waals surface area contributed by atoms with E-state index in [0.717, 1.165) is 25.9 Å². The third-order valence-electron chi connectivity index (χ3n) is 3.54. The van der Waals surface area contributed by atoms with E-state index in [2.05, 4.69) is 5.32 Å². The van der Waals surface area contributed by atoms with Gasteiger partial charge in [-0.2, -0.15) is 0 Å². The maximum atomic E-state index is 12.0. The van der Waals surface area contributed by atoms with Gasteiger partial charge < -0.3 is 16.0 Å². The zero-order valence-corrected chi connectivity index (χ0v) is 11.6. The molecule has 0 spiro atoms. The highest BCUT2D eigenvalue weighted by Crippen LogP contribution is 2.11. The van der Waals surface area contributed by atoms with E-state index >= 15 is 0 Å². The smallest absolute Gasteiger partial charge is 0.244 e. The van der Waals surface area contributed by atoms with Crippen LogP contribution in [0, 0.1) is 11.8 Å². The Morgan fingerprint density at radius 3 is 2.22 bits per heavy atom. The summed E-state index contributed by atoms with van der Waals surface area (Å²) < 4.78 is 0. The van der Waals surface area contributed by atoms with E-state index in [-0.39, 0.29) is 23.7 Å². The molecular formula is C13H25N3O2. The summed E-state index contributed by atoms with van der Waals surface area (Å²) in [6.07, 6.45) is 2.12. The molecule has 18 heavy (non-hydrogen) atoms. The number of rotatable bonds is 5. The first-order valence-corrected chi connectivity index (χ1v) is 6.76. The molecule has 2 amide bonds. The predicted octanol–water partition coefficient (Wildman–Crippen LogP) is 0.344. The van der Waals surface area contributed by atoms with Gasteiger partial charge in [0.25, 0.3) is 0 Å². The summed E-state index contributed by atoms with van der Waals surface area (Å²) in [7, 11) is 0. The zero-order valence-electron chi connectivity index (χ0n) is 11.6. The highest BCUT2D eigenvalue weighted by molar-refractivity contribution is 5.88. The molecule has 0 aliphatic carbocycles. The highest BCUT2D eigenvalue weighted by Gasteiger charge is 2.27. The molecule has 0 aromatic carbocycles. The van der Waals surface area contributed by atoms with Crippen LogP contribution < -0.4 is 11.1 Å². The summed E-state index contributed by atoms with van der Waals surface area (Å²) >= 11 is 0. The van der Waals surface area contributed by atoms with Gasteiger partial charge in [0.1, 0.15) is 6.04 Å². The quantitative estimate of drug-likeness (QED) is 0.744. The molecule has 1 saturated heterocycles. The first kappa shape index (κ1) is 15.0. The standard InChI is InChI=1S/C13H25N3O2/c1-9(2)11(8-14)12(17)15-10(3)13(18)16-6-4-5-7-16/h9-11H,4-8,14H2,1-3H3,(H,15,17). The summed E-state index contributed by atoms with van der Waals surface area (Å²) in [5.41, 5.74) is 5.59. The van der Waals surface area contributed by atoms with Gasteiger partial charge in [0.2, 0.25) is 11.8 Å². The van der Waals surface area contributed by atoms with Crippen LogP contribution in [-0.4, -0.2) is 42.4 Å². The maximum Gasteiger partial charge on any atom is 0.244 e. The Morgan fingerprint density at radius 2 is 1.78 bits per heavy atom. The van der Waals surface area contributed by atoms with Crippen LogP contribution in [0.4, 0.5) is 0 Å². The van der Waals surface area contributed by atoms with Crippen LogP contribution in [0.15, 0.2) is 0 Å². The lowest BCUT2D eigenvalue weighted by Gasteiger charge is -2.24. The minimum Gasteiger partial charge on any atom is -0.344 e. The van der Waals surface area contributed by atoms with Gasteiger partial charge >= 0.3 is 0 Å². The molecule has 2 unspecified atom stereocenters. The van der Waals surface area contributed by atoms with Crippen molar-refractivity contribution in [1.29, 1.82) is 0 Å². The highest BCUT2D eigenvalue weighted by atomic mass is 16.2. The molecule has 5 nitrogen and oxygen atoms in total. The summed E-state index contributed by atoms with van der Waals surface area (Å²) in [5, 5.41) is 2.78. The first-order chi connectivity index (χ1) is 8.47. The van der Waals surface area contributed by atoms with Crippen LogP contribution in [-0.2, 0) is 9.59 Å². The third kappa shape index (κ3) is 3.70. The third-order valence-corrected chi connectivity index (χ3v) is 3.54. The Balaban J connectivity index is 2.50. The second-order valence-electron chi connectivity index (χ2n) is 5.35. The molecule has 2 atom stereocenters. The van der Waals surface area contributed by atoms with Crippen LogP contribution in [0.3, 0.4) is 0 Å². The van der Waals surface area contributed by atoms with Crippen molar-refractivity contribution >= 4 is 11.8 Å². The molecule has 0 aromatic rings. The van der Waals surface area contributed by atoms with Gasteiger partial charge in [-0.1, -0.05) is 13.8 Å². The van der Waals surface area contributed by atoms with Crippen molar-refractivity contribution in [2.24, 2.45) is 17.6 Å². The number of carbonyl (C=O) groups excluding carboxylic acids is 2. The van der Waals surface area contributed by atoms with Crippen LogP contribution in [0.5, 0.6) is 0 Å². The van der Waals surface area contributed by atoms with Crippen molar-refractivity contribution in [1.82, 2.24) is 10.2 Å². The molecule has 0 saturated carbocycles. The molecule has 1 heterocycles. The number of amides is 2. The number of nitrogens with one attached hydrogen (secondary N) is 1. The summed E-state index contributed by atoms with van der Waals surface area (Å²) in [4.78, 5) is 25.8. The number of hydrogen-bond donors (Lipinski definition) is 2. The van der Waals surface area contributed by atoms with E-state index in [1.165, 1.54) is 0 Å². The number of hydrogen-bond acceptors (Lipinski definition) is 3. The lowest BCUT2D eigenvalue weighted by Crippen LogP contribution is -2.49. The summed E-state index contributed by atoms with van der Waals surface area (Å²) in [6, 6.07) is -0.455. The number of nitrogens with two attached hydrogens (primary N) is 1. The number of likely N-dealkylation sites (tertiary alicyclic amines) is 1. The first-order valence-electron chi connectivity index (χ1n) is 6.76. The van der Waals surface area contributed by atoms with Crippen molar-refractivity contribution in [3.8, 4) is 0 Å². The van der Waals surface area contributed by atoms with Gasteiger partial charge in [-0.15, -0.1) is 0 Å². The topological polar surface area (TPSA) is 75.4 Å². The fraction of sp³-hybridized carbons (Fsp3) is 0.846. The van der Waals surface area contributed by atoms with Crippen molar-refractivity contribution in [3.05, 3.63) is 0 Å². The monoisotopic (exact) mass is 255 g/mol. The fourth-order valence-electron chi connectivity index (χ4n) is 2.28. The van der Waals surface area contributed by atoms with Gasteiger partial charge in [-0.05, 0) is 25.7 Å². The van der Waals surface area contributed by atoms with E-state index < -0.39 is 6.04 Å². The number of nitrogens with zero attached hydrogens (tertiary/aromatic N) is 1. The second kappa shape index (κ2) is 6.73. The Morgan fingerprint density at radius 1 is 1.22 bits per heavy atom. The largest absolute Gasteiger partial charge is 0.344 e. The Kier molecular flexibility index (Phi) is 5.59. The normalized spacial score (nSPS) is 18.8. The van der Waals surface area contributed by atoms with Crippen LogP contribution >= 0.6 is 0 Å². The maximum absolute atomic E-state index is 12.0. The van der Waals surface area contributed by atoms with Crippen molar-refractivity contribution in [2.75, 3.05) is 19.6 Å². The van der Waals surface area contributed by atoms with Crippen LogP contribution in [0.25, 0.3) is 0 Å². The average Bonchev–Trinajstić information content (AvgIpc) is 2.81. The summed E-state index contributed by atoms with van der Waals surface area (Å²) in [6.45, 7) is 7.60. The lowest BCUT2D eigenvalue weighted by atomic mass is 9.95. The molecule has 1 rings (SSSR count). The van der Waals surface area contributed by atoms with E-state index in [1.807, 2.05) is 18.7 Å². The van der Waals surface area contributed by atoms with E-state index in [4.69, 9.17) is 5.73 Å². The molecular weight excluding hydrogens is 230 g/mol. The van der Waals surface area contributed by atoms with Gasteiger partial charge in [0.15, 0.2) is 0 Å². The van der Waals surface area contributed by atoms with Crippen molar-refractivity contribution in [2.45, 2.75) is 39.7 Å². The Labute approximate surface area is 109 Å². The van der Waals surface area contributed by atoms with Crippen molar-refractivity contribution < 1.29 is 9.59 Å². The predicted molar refractivity (Wildman–Crippen MR) is 70.8 cm³/mol. The molecule has 104 valence electrons. The molecule has 1 aliphatic heterocycles. The lowest BCUT2D eigenvalue weighted by molar-refractivity contribution is -0.136. The SMILES string of the molecule is CC(NC(=O)C(CN)C(C)C)C(=O)N1CCCC1. The molecule has 3 N–H and O–H groups in total.